The fourth-order valence-corrected chi connectivity index (χ4v) is 3.03. The van der Waals surface area contributed by atoms with Gasteiger partial charge in [-0.1, -0.05) is 37.3 Å². The van der Waals surface area contributed by atoms with Crippen LogP contribution in [0.1, 0.15) is 24.1 Å². The van der Waals surface area contributed by atoms with Crippen molar-refractivity contribution in [3.63, 3.8) is 0 Å². The van der Waals surface area contributed by atoms with Crippen molar-refractivity contribution in [3.8, 4) is 0 Å². The summed E-state index contributed by atoms with van der Waals surface area (Å²) in [6.07, 6.45) is 0. The minimum atomic E-state index is -0.227. The molecule has 0 saturated carbocycles. The molecule has 2 aromatic rings. The normalized spacial score (nSPS) is 14.1. The SMILES string of the molecule is Cc1ccccc1SC(C)C(N)c1ccc(F)cc1. The van der Waals surface area contributed by atoms with E-state index in [-0.39, 0.29) is 17.1 Å². The van der Waals surface area contributed by atoms with Crippen LogP contribution in [0.15, 0.2) is 53.4 Å². The zero-order chi connectivity index (χ0) is 13.8. The van der Waals surface area contributed by atoms with E-state index in [2.05, 4.69) is 26.0 Å². The minimum Gasteiger partial charge on any atom is -0.323 e. The number of benzene rings is 2. The van der Waals surface area contributed by atoms with Gasteiger partial charge in [0.05, 0.1) is 0 Å². The average Bonchev–Trinajstić information content (AvgIpc) is 2.41. The molecular formula is C16H18FNS. The summed E-state index contributed by atoms with van der Waals surface area (Å²) in [5.74, 6) is -0.227. The summed E-state index contributed by atoms with van der Waals surface area (Å²) in [6, 6.07) is 14.6. The first kappa shape index (κ1) is 14.1. The zero-order valence-electron chi connectivity index (χ0n) is 11.1. The number of hydrogen-bond acceptors (Lipinski definition) is 2. The Kier molecular flexibility index (Phi) is 4.61. The highest BCUT2D eigenvalue weighted by molar-refractivity contribution is 8.00. The summed E-state index contributed by atoms with van der Waals surface area (Å²) in [5.41, 5.74) is 8.47. The molecule has 0 amide bonds. The third-order valence-electron chi connectivity index (χ3n) is 3.17. The van der Waals surface area contributed by atoms with E-state index in [0.717, 1.165) is 5.56 Å². The van der Waals surface area contributed by atoms with Crippen molar-refractivity contribution in [3.05, 3.63) is 65.5 Å². The Hall–Kier alpha value is -1.32. The fourth-order valence-electron chi connectivity index (χ4n) is 1.92. The van der Waals surface area contributed by atoms with Gasteiger partial charge in [-0.15, -0.1) is 11.8 Å². The lowest BCUT2D eigenvalue weighted by molar-refractivity contribution is 0.624. The predicted octanol–water partition coefficient (Wildman–Crippen LogP) is 4.31. The Morgan fingerprint density at radius 1 is 1.05 bits per heavy atom. The standard InChI is InChI=1S/C16H18FNS/c1-11-5-3-4-6-15(11)19-12(2)16(18)13-7-9-14(17)10-8-13/h3-10,12,16H,18H2,1-2H3. The molecule has 100 valence electrons. The quantitative estimate of drug-likeness (QED) is 0.841. The van der Waals surface area contributed by atoms with E-state index in [9.17, 15) is 4.39 Å². The summed E-state index contributed by atoms with van der Waals surface area (Å²) in [5, 5.41) is 0.228. The number of thioether (sulfide) groups is 1. The molecule has 0 aliphatic rings. The van der Waals surface area contributed by atoms with Crippen LogP contribution in [0.3, 0.4) is 0 Å². The highest BCUT2D eigenvalue weighted by Crippen LogP contribution is 2.32. The van der Waals surface area contributed by atoms with Gasteiger partial charge < -0.3 is 5.73 Å². The highest BCUT2D eigenvalue weighted by Gasteiger charge is 2.16. The van der Waals surface area contributed by atoms with E-state index in [1.807, 2.05) is 12.1 Å². The number of nitrogens with two attached hydrogens (primary N) is 1. The minimum absolute atomic E-state index is 0.106. The van der Waals surface area contributed by atoms with Gasteiger partial charge >= 0.3 is 0 Å². The van der Waals surface area contributed by atoms with Gasteiger partial charge in [0, 0.05) is 16.2 Å². The lowest BCUT2D eigenvalue weighted by atomic mass is 10.1. The molecule has 0 radical (unpaired) electrons. The second-order valence-corrected chi connectivity index (χ2v) is 6.08. The molecule has 19 heavy (non-hydrogen) atoms. The molecule has 2 aromatic carbocycles. The van der Waals surface area contributed by atoms with E-state index >= 15 is 0 Å². The largest absolute Gasteiger partial charge is 0.323 e. The van der Waals surface area contributed by atoms with E-state index in [1.54, 1.807) is 23.9 Å². The van der Waals surface area contributed by atoms with Gasteiger partial charge in [0.15, 0.2) is 0 Å². The first-order valence-electron chi connectivity index (χ1n) is 6.31. The Morgan fingerprint density at radius 3 is 2.32 bits per heavy atom. The molecule has 2 N–H and O–H groups in total. The van der Waals surface area contributed by atoms with Crippen LogP contribution in [-0.2, 0) is 0 Å². The van der Waals surface area contributed by atoms with Crippen molar-refractivity contribution in [1.82, 2.24) is 0 Å². The van der Waals surface area contributed by atoms with E-state index in [4.69, 9.17) is 5.73 Å². The van der Waals surface area contributed by atoms with Crippen molar-refractivity contribution >= 4 is 11.8 Å². The van der Waals surface area contributed by atoms with Crippen molar-refractivity contribution in [2.24, 2.45) is 5.73 Å². The van der Waals surface area contributed by atoms with Gasteiger partial charge in [-0.05, 0) is 36.2 Å². The molecule has 0 spiro atoms. The molecule has 0 bridgehead atoms. The van der Waals surface area contributed by atoms with Crippen molar-refractivity contribution in [2.45, 2.75) is 30.0 Å². The van der Waals surface area contributed by atoms with E-state index < -0.39 is 0 Å². The molecule has 0 saturated heterocycles. The topological polar surface area (TPSA) is 26.0 Å². The second kappa shape index (κ2) is 6.22. The number of rotatable bonds is 4. The maximum Gasteiger partial charge on any atom is 0.123 e. The maximum absolute atomic E-state index is 12.9. The number of aryl methyl sites for hydroxylation is 1. The summed E-state index contributed by atoms with van der Waals surface area (Å²) >= 11 is 1.76. The lowest BCUT2D eigenvalue weighted by Gasteiger charge is -2.20. The molecule has 3 heteroatoms. The molecule has 2 atom stereocenters. The molecule has 1 nitrogen and oxygen atoms in total. The average molecular weight is 275 g/mol. The molecule has 0 fully saturated rings. The third-order valence-corrected chi connectivity index (χ3v) is 4.54. The van der Waals surface area contributed by atoms with E-state index in [1.165, 1.54) is 22.6 Å². The Labute approximate surface area is 118 Å². The molecule has 0 aliphatic heterocycles. The maximum atomic E-state index is 12.9. The smallest absolute Gasteiger partial charge is 0.123 e. The molecule has 0 aromatic heterocycles. The molecular weight excluding hydrogens is 257 g/mol. The van der Waals surface area contributed by atoms with Crippen LogP contribution in [0.2, 0.25) is 0 Å². The van der Waals surface area contributed by atoms with Crippen molar-refractivity contribution < 1.29 is 4.39 Å². The van der Waals surface area contributed by atoms with Gasteiger partial charge in [0.1, 0.15) is 5.82 Å². The molecule has 0 aliphatic carbocycles. The van der Waals surface area contributed by atoms with Crippen LogP contribution in [0.5, 0.6) is 0 Å². The van der Waals surface area contributed by atoms with Crippen LogP contribution in [-0.4, -0.2) is 5.25 Å². The predicted molar refractivity (Wildman–Crippen MR) is 79.8 cm³/mol. The number of halogens is 1. The summed E-state index contributed by atoms with van der Waals surface area (Å²) in [7, 11) is 0. The van der Waals surface area contributed by atoms with Crippen LogP contribution in [0.25, 0.3) is 0 Å². The van der Waals surface area contributed by atoms with Gasteiger partial charge in [-0.25, -0.2) is 4.39 Å². The third kappa shape index (κ3) is 3.58. The van der Waals surface area contributed by atoms with Crippen LogP contribution >= 0.6 is 11.8 Å². The second-order valence-electron chi connectivity index (χ2n) is 4.67. The monoisotopic (exact) mass is 275 g/mol. The van der Waals surface area contributed by atoms with Crippen LogP contribution < -0.4 is 5.73 Å². The highest BCUT2D eigenvalue weighted by atomic mass is 32.2. The Balaban J connectivity index is 2.09. The zero-order valence-corrected chi connectivity index (χ0v) is 12.0. The summed E-state index contributed by atoms with van der Waals surface area (Å²) in [6.45, 7) is 4.20. The molecule has 0 heterocycles. The van der Waals surface area contributed by atoms with Gasteiger partial charge in [-0.2, -0.15) is 0 Å². The van der Waals surface area contributed by atoms with Gasteiger partial charge in [-0.3, -0.25) is 0 Å². The molecule has 2 unspecified atom stereocenters. The first-order valence-corrected chi connectivity index (χ1v) is 7.19. The summed E-state index contributed by atoms with van der Waals surface area (Å²) in [4.78, 5) is 1.24. The van der Waals surface area contributed by atoms with Crippen LogP contribution in [0.4, 0.5) is 4.39 Å². The van der Waals surface area contributed by atoms with Crippen molar-refractivity contribution in [2.75, 3.05) is 0 Å². The first-order chi connectivity index (χ1) is 9.08. The van der Waals surface area contributed by atoms with Gasteiger partial charge in [0.25, 0.3) is 0 Å². The molecule has 2 rings (SSSR count). The Bertz CT molecular complexity index is 539. The van der Waals surface area contributed by atoms with Gasteiger partial charge in [0.2, 0.25) is 0 Å². The summed E-state index contributed by atoms with van der Waals surface area (Å²) < 4.78 is 12.9. The Morgan fingerprint density at radius 2 is 1.68 bits per heavy atom. The van der Waals surface area contributed by atoms with Crippen LogP contribution in [0, 0.1) is 12.7 Å². The van der Waals surface area contributed by atoms with E-state index in [0.29, 0.717) is 0 Å². The number of hydrogen-bond donors (Lipinski definition) is 1. The van der Waals surface area contributed by atoms with Crippen molar-refractivity contribution in [1.29, 1.82) is 0 Å². The lowest BCUT2D eigenvalue weighted by Crippen LogP contribution is -2.21. The fraction of sp³-hybridized carbons (Fsp3) is 0.250.